The fourth-order valence-electron chi connectivity index (χ4n) is 2.29. The number of methoxy groups -OCH3 is 1. The first-order chi connectivity index (χ1) is 13.1. The van der Waals surface area contributed by atoms with Crippen LogP contribution in [0.5, 0.6) is 5.75 Å². The first-order valence-electron chi connectivity index (χ1n) is 7.86. The highest BCUT2D eigenvalue weighted by Crippen LogP contribution is 2.29. The third-order valence-electron chi connectivity index (χ3n) is 3.56. The number of carbonyl (C=O) groups is 1. The fourth-order valence-corrected chi connectivity index (χ4v) is 3.73. The SMILES string of the molecule is COc1ccc(-c2nc(COC(=O)c3ccccc3SC(F)F)cs2)cc1. The number of esters is 1. The molecule has 140 valence electrons. The number of ether oxygens (including phenoxy) is 2. The quantitative estimate of drug-likeness (QED) is 0.383. The van der Waals surface area contributed by atoms with E-state index in [1.54, 1.807) is 24.6 Å². The molecule has 0 saturated heterocycles. The molecule has 8 heteroatoms. The second-order valence-corrected chi connectivity index (χ2v) is 7.21. The molecular weight excluding hydrogens is 392 g/mol. The van der Waals surface area contributed by atoms with Crippen LogP contribution >= 0.6 is 23.1 Å². The number of thiazole rings is 1. The maximum atomic E-state index is 12.6. The lowest BCUT2D eigenvalue weighted by Crippen LogP contribution is -2.07. The lowest BCUT2D eigenvalue weighted by molar-refractivity contribution is 0.0464. The first kappa shape index (κ1) is 19.3. The first-order valence-corrected chi connectivity index (χ1v) is 9.62. The predicted molar refractivity (Wildman–Crippen MR) is 102 cm³/mol. The van der Waals surface area contributed by atoms with Crippen molar-refractivity contribution in [2.24, 2.45) is 0 Å². The number of thioether (sulfide) groups is 1. The molecule has 0 radical (unpaired) electrons. The number of alkyl halides is 2. The van der Waals surface area contributed by atoms with Gasteiger partial charge >= 0.3 is 5.97 Å². The third-order valence-corrected chi connectivity index (χ3v) is 5.29. The Morgan fingerprint density at radius 2 is 1.93 bits per heavy atom. The van der Waals surface area contributed by atoms with Gasteiger partial charge in [0.1, 0.15) is 17.4 Å². The molecule has 0 aliphatic heterocycles. The van der Waals surface area contributed by atoms with E-state index < -0.39 is 11.7 Å². The molecule has 0 N–H and O–H groups in total. The number of hydrogen-bond acceptors (Lipinski definition) is 6. The molecule has 3 aromatic rings. The van der Waals surface area contributed by atoms with Crippen LogP contribution in [0.1, 0.15) is 16.1 Å². The number of nitrogens with zero attached hydrogens (tertiary/aromatic N) is 1. The summed E-state index contributed by atoms with van der Waals surface area (Å²) in [6.07, 6.45) is 0. The standard InChI is InChI=1S/C19H15F2NO3S2/c1-24-14-8-6-12(7-9-14)17-22-13(11-26-17)10-25-18(23)15-4-2-3-5-16(15)27-19(20)21/h2-9,11,19H,10H2,1H3. The van der Waals surface area contributed by atoms with Gasteiger partial charge < -0.3 is 9.47 Å². The number of hydrogen-bond donors (Lipinski definition) is 0. The average molecular weight is 407 g/mol. The Labute approximate surface area is 163 Å². The van der Waals surface area contributed by atoms with E-state index in [2.05, 4.69) is 4.98 Å². The lowest BCUT2D eigenvalue weighted by atomic mass is 10.2. The van der Waals surface area contributed by atoms with Crippen molar-refractivity contribution in [3.05, 3.63) is 65.2 Å². The summed E-state index contributed by atoms with van der Waals surface area (Å²) in [6.45, 7) is -0.0286. The van der Waals surface area contributed by atoms with E-state index in [9.17, 15) is 13.6 Å². The van der Waals surface area contributed by atoms with Gasteiger partial charge in [-0.25, -0.2) is 9.78 Å². The highest BCUT2D eigenvalue weighted by atomic mass is 32.2. The Morgan fingerprint density at radius 3 is 2.63 bits per heavy atom. The van der Waals surface area contributed by atoms with Crippen LogP contribution in [-0.4, -0.2) is 23.8 Å². The van der Waals surface area contributed by atoms with Gasteiger partial charge in [-0.2, -0.15) is 8.78 Å². The smallest absolute Gasteiger partial charge is 0.339 e. The maximum absolute atomic E-state index is 12.6. The Bertz CT molecular complexity index is 913. The molecule has 0 saturated carbocycles. The zero-order valence-corrected chi connectivity index (χ0v) is 15.9. The predicted octanol–water partition coefficient (Wildman–Crippen LogP) is 5.49. The van der Waals surface area contributed by atoms with Gasteiger partial charge in [0.2, 0.25) is 0 Å². The van der Waals surface area contributed by atoms with Gasteiger partial charge in [-0.3, -0.25) is 0 Å². The zero-order chi connectivity index (χ0) is 19.2. The molecule has 0 atom stereocenters. The van der Waals surface area contributed by atoms with Crippen molar-refractivity contribution >= 4 is 29.1 Å². The number of rotatable bonds is 7. The summed E-state index contributed by atoms with van der Waals surface area (Å²) in [5.41, 5.74) is 1.64. The van der Waals surface area contributed by atoms with E-state index in [-0.39, 0.29) is 17.1 Å². The van der Waals surface area contributed by atoms with Crippen LogP contribution < -0.4 is 4.74 Å². The average Bonchev–Trinajstić information content (AvgIpc) is 3.15. The van der Waals surface area contributed by atoms with E-state index >= 15 is 0 Å². The minimum atomic E-state index is -2.61. The van der Waals surface area contributed by atoms with Crippen LogP contribution in [0.4, 0.5) is 8.78 Å². The lowest BCUT2D eigenvalue weighted by Gasteiger charge is -2.08. The van der Waals surface area contributed by atoms with Crippen molar-refractivity contribution < 1.29 is 23.0 Å². The molecule has 0 fully saturated rings. The topological polar surface area (TPSA) is 48.4 Å². The highest BCUT2D eigenvalue weighted by molar-refractivity contribution is 7.99. The second-order valence-electron chi connectivity index (χ2n) is 5.32. The van der Waals surface area contributed by atoms with Crippen LogP contribution in [0.2, 0.25) is 0 Å². The van der Waals surface area contributed by atoms with Gasteiger partial charge in [0.05, 0.1) is 18.4 Å². The Hall–Kier alpha value is -2.45. The van der Waals surface area contributed by atoms with Crippen molar-refractivity contribution in [3.8, 4) is 16.3 Å². The van der Waals surface area contributed by atoms with Gasteiger partial charge in [0.15, 0.2) is 0 Å². The van der Waals surface area contributed by atoms with Crippen molar-refractivity contribution in [2.45, 2.75) is 17.3 Å². The number of aromatic nitrogens is 1. The summed E-state index contributed by atoms with van der Waals surface area (Å²) in [5.74, 6) is -2.51. The summed E-state index contributed by atoms with van der Waals surface area (Å²) in [6, 6.07) is 13.6. The monoisotopic (exact) mass is 407 g/mol. The van der Waals surface area contributed by atoms with Gasteiger partial charge in [-0.05, 0) is 36.4 Å². The van der Waals surface area contributed by atoms with Crippen LogP contribution in [0.25, 0.3) is 10.6 Å². The molecule has 0 aliphatic carbocycles. The minimum Gasteiger partial charge on any atom is -0.497 e. The summed E-state index contributed by atoms with van der Waals surface area (Å²) in [7, 11) is 1.60. The van der Waals surface area contributed by atoms with E-state index in [1.165, 1.54) is 23.5 Å². The van der Waals surface area contributed by atoms with Gasteiger partial charge in [-0.1, -0.05) is 23.9 Å². The molecule has 0 spiro atoms. The van der Waals surface area contributed by atoms with E-state index in [0.29, 0.717) is 17.5 Å². The summed E-state index contributed by atoms with van der Waals surface area (Å²) in [5, 5.41) is 2.59. The molecule has 0 bridgehead atoms. The Kier molecular flexibility index (Phi) is 6.41. The van der Waals surface area contributed by atoms with Crippen molar-refractivity contribution in [3.63, 3.8) is 0 Å². The van der Waals surface area contributed by atoms with Gasteiger partial charge in [-0.15, -0.1) is 11.3 Å². The van der Waals surface area contributed by atoms with Crippen molar-refractivity contribution in [2.75, 3.05) is 7.11 Å². The molecule has 2 aromatic carbocycles. The molecule has 3 rings (SSSR count). The van der Waals surface area contributed by atoms with Gasteiger partial charge in [0.25, 0.3) is 5.76 Å². The van der Waals surface area contributed by atoms with Crippen LogP contribution in [0, 0.1) is 0 Å². The third kappa shape index (κ3) is 5.05. The number of halogens is 2. The maximum Gasteiger partial charge on any atom is 0.339 e. The van der Waals surface area contributed by atoms with Gasteiger partial charge in [0, 0.05) is 15.8 Å². The molecule has 4 nitrogen and oxygen atoms in total. The summed E-state index contributed by atoms with van der Waals surface area (Å²) < 4.78 is 35.6. The zero-order valence-electron chi connectivity index (χ0n) is 14.2. The fraction of sp³-hybridized carbons (Fsp3) is 0.158. The Balaban J connectivity index is 1.65. The molecule has 0 aliphatic rings. The molecule has 1 heterocycles. The normalized spacial score (nSPS) is 10.8. The van der Waals surface area contributed by atoms with E-state index in [4.69, 9.17) is 9.47 Å². The molecular formula is C19H15F2NO3S2. The van der Waals surface area contributed by atoms with E-state index in [1.807, 2.05) is 24.3 Å². The minimum absolute atomic E-state index is 0.0286. The molecule has 0 amide bonds. The number of carbonyl (C=O) groups excluding carboxylic acids is 1. The molecule has 0 unspecified atom stereocenters. The van der Waals surface area contributed by atoms with Crippen LogP contribution in [0.3, 0.4) is 0 Å². The summed E-state index contributed by atoms with van der Waals surface area (Å²) in [4.78, 5) is 16.9. The van der Waals surface area contributed by atoms with Crippen molar-refractivity contribution in [1.82, 2.24) is 4.98 Å². The van der Waals surface area contributed by atoms with Crippen molar-refractivity contribution in [1.29, 1.82) is 0 Å². The van der Waals surface area contributed by atoms with Crippen LogP contribution in [0.15, 0.2) is 58.8 Å². The Morgan fingerprint density at radius 1 is 1.19 bits per heavy atom. The summed E-state index contributed by atoms with van der Waals surface area (Å²) >= 11 is 1.75. The van der Waals surface area contributed by atoms with E-state index in [0.717, 1.165) is 16.3 Å². The largest absolute Gasteiger partial charge is 0.497 e. The molecule has 1 aromatic heterocycles. The van der Waals surface area contributed by atoms with Crippen LogP contribution in [-0.2, 0) is 11.3 Å². The molecule has 27 heavy (non-hydrogen) atoms. The highest BCUT2D eigenvalue weighted by Gasteiger charge is 2.17. The number of benzene rings is 2. The second kappa shape index (κ2) is 8.96.